The van der Waals surface area contributed by atoms with Gasteiger partial charge in [0, 0.05) is 18.2 Å². The summed E-state index contributed by atoms with van der Waals surface area (Å²) in [4.78, 5) is 13.2. The van der Waals surface area contributed by atoms with E-state index in [0.29, 0.717) is 23.8 Å². The minimum Gasteiger partial charge on any atom is -0.380 e. The summed E-state index contributed by atoms with van der Waals surface area (Å²) < 4.78 is 0. The van der Waals surface area contributed by atoms with Gasteiger partial charge in [-0.1, -0.05) is 17.7 Å². The molecule has 6 nitrogen and oxygen atoms in total. The van der Waals surface area contributed by atoms with Crippen LogP contribution in [0.1, 0.15) is 0 Å². The van der Waals surface area contributed by atoms with Crippen molar-refractivity contribution in [3.63, 3.8) is 0 Å². The van der Waals surface area contributed by atoms with E-state index in [9.17, 15) is 10.1 Å². The van der Waals surface area contributed by atoms with E-state index < -0.39 is 4.92 Å². The Kier molecular flexibility index (Phi) is 4.73. The third kappa shape index (κ3) is 3.83. The van der Waals surface area contributed by atoms with Gasteiger partial charge in [0.25, 0.3) is 11.5 Å². The van der Waals surface area contributed by atoms with Gasteiger partial charge < -0.3 is 5.32 Å². The number of rotatable bonds is 6. The SMILES string of the molecule is O=[N+]([O-])c1ccc(NCCNc2cccc[nH+]2)c(Cl)c1. The molecule has 0 bridgehead atoms. The molecule has 0 aliphatic carbocycles. The molecule has 1 aromatic heterocycles. The molecular weight excluding hydrogens is 280 g/mol. The number of hydrogen-bond donors (Lipinski definition) is 2. The van der Waals surface area contributed by atoms with Crippen molar-refractivity contribution in [2.75, 3.05) is 23.7 Å². The Morgan fingerprint density at radius 1 is 1.20 bits per heavy atom. The van der Waals surface area contributed by atoms with Crippen molar-refractivity contribution in [3.8, 4) is 0 Å². The first-order chi connectivity index (χ1) is 9.66. The van der Waals surface area contributed by atoms with E-state index in [1.165, 1.54) is 12.1 Å². The number of benzene rings is 1. The van der Waals surface area contributed by atoms with Crippen LogP contribution >= 0.6 is 11.6 Å². The number of anilines is 2. The number of aromatic amines is 1. The highest BCUT2D eigenvalue weighted by atomic mass is 35.5. The maximum Gasteiger partial charge on any atom is 0.272 e. The van der Waals surface area contributed by atoms with Crippen LogP contribution in [0.4, 0.5) is 17.2 Å². The summed E-state index contributed by atoms with van der Waals surface area (Å²) in [6.07, 6.45) is 1.84. The lowest BCUT2D eigenvalue weighted by Crippen LogP contribution is -2.18. The molecule has 0 atom stereocenters. The third-order valence-corrected chi connectivity index (χ3v) is 2.94. The van der Waals surface area contributed by atoms with Gasteiger partial charge >= 0.3 is 0 Å². The number of nitrogens with one attached hydrogen (secondary N) is 3. The van der Waals surface area contributed by atoms with Gasteiger partial charge in [-0.05, 0) is 12.1 Å². The van der Waals surface area contributed by atoms with Crippen molar-refractivity contribution >= 4 is 28.8 Å². The lowest BCUT2D eigenvalue weighted by Gasteiger charge is -2.07. The molecule has 1 heterocycles. The average molecular weight is 294 g/mol. The number of aromatic nitrogens is 1. The van der Waals surface area contributed by atoms with Crippen LogP contribution in [0.15, 0.2) is 42.6 Å². The number of halogens is 1. The molecule has 0 radical (unpaired) electrons. The second-order valence-corrected chi connectivity index (χ2v) is 4.46. The van der Waals surface area contributed by atoms with E-state index in [2.05, 4.69) is 15.6 Å². The molecule has 0 aliphatic heterocycles. The van der Waals surface area contributed by atoms with Gasteiger partial charge in [-0.2, -0.15) is 0 Å². The number of nitrogens with zero attached hydrogens (tertiary/aromatic N) is 1. The molecule has 2 aromatic rings. The number of nitro groups is 1. The van der Waals surface area contributed by atoms with E-state index in [4.69, 9.17) is 11.6 Å². The summed E-state index contributed by atoms with van der Waals surface area (Å²) in [6.45, 7) is 1.33. The second-order valence-electron chi connectivity index (χ2n) is 4.05. The van der Waals surface area contributed by atoms with E-state index in [1.54, 1.807) is 6.07 Å². The predicted octanol–water partition coefficient (Wildman–Crippen LogP) is 2.59. The number of hydrogen-bond acceptors (Lipinski definition) is 4. The van der Waals surface area contributed by atoms with Crippen molar-refractivity contribution in [1.82, 2.24) is 0 Å². The highest BCUT2D eigenvalue weighted by Gasteiger charge is 2.09. The molecule has 3 N–H and O–H groups in total. The minimum atomic E-state index is -0.470. The molecule has 0 saturated heterocycles. The first-order valence-electron chi connectivity index (χ1n) is 6.05. The molecule has 0 aliphatic rings. The minimum absolute atomic E-state index is 0.0161. The van der Waals surface area contributed by atoms with Crippen LogP contribution in [-0.4, -0.2) is 18.0 Å². The number of pyridine rings is 1. The average Bonchev–Trinajstić information content (AvgIpc) is 2.46. The zero-order chi connectivity index (χ0) is 14.4. The van der Waals surface area contributed by atoms with Crippen LogP contribution in [0, 0.1) is 10.1 Å². The Morgan fingerprint density at radius 3 is 2.65 bits per heavy atom. The fourth-order valence-corrected chi connectivity index (χ4v) is 1.90. The molecule has 0 fully saturated rings. The normalized spacial score (nSPS) is 10.1. The monoisotopic (exact) mass is 293 g/mol. The summed E-state index contributed by atoms with van der Waals surface area (Å²) in [7, 11) is 0. The van der Waals surface area contributed by atoms with Crippen LogP contribution in [0.25, 0.3) is 0 Å². The predicted molar refractivity (Wildman–Crippen MR) is 78.1 cm³/mol. The van der Waals surface area contributed by atoms with Gasteiger partial charge in [-0.3, -0.25) is 15.4 Å². The Balaban J connectivity index is 1.84. The van der Waals surface area contributed by atoms with Crippen LogP contribution in [0.5, 0.6) is 0 Å². The molecule has 20 heavy (non-hydrogen) atoms. The second kappa shape index (κ2) is 6.72. The molecule has 0 spiro atoms. The lowest BCUT2D eigenvalue weighted by molar-refractivity contribution is -0.384. The van der Waals surface area contributed by atoms with Gasteiger partial charge in [-0.25, -0.2) is 4.98 Å². The van der Waals surface area contributed by atoms with Gasteiger partial charge in [-0.15, -0.1) is 0 Å². The van der Waals surface area contributed by atoms with E-state index in [0.717, 1.165) is 5.82 Å². The maximum absolute atomic E-state index is 10.6. The highest BCUT2D eigenvalue weighted by molar-refractivity contribution is 6.33. The number of nitro benzene ring substituents is 1. The quantitative estimate of drug-likeness (QED) is 0.487. The molecule has 1 aromatic carbocycles. The summed E-state index contributed by atoms with van der Waals surface area (Å²) in [5.41, 5.74) is 0.661. The summed E-state index contributed by atoms with van der Waals surface area (Å²) >= 11 is 5.98. The molecule has 7 heteroatoms. The van der Waals surface area contributed by atoms with E-state index in [1.807, 2.05) is 24.4 Å². The van der Waals surface area contributed by atoms with Crippen molar-refractivity contribution in [2.45, 2.75) is 0 Å². The van der Waals surface area contributed by atoms with Crippen LogP contribution < -0.4 is 15.6 Å². The van der Waals surface area contributed by atoms with Crippen molar-refractivity contribution in [2.24, 2.45) is 0 Å². The summed E-state index contributed by atoms with van der Waals surface area (Å²) in [5.74, 6) is 0.920. The van der Waals surface area contributed by atoms with Crippen molar-refractivity contribution < 1.29 is 9.91 Å². The zero-order valence-electron chi connectivity index (χ0n) is 10.6. The van der Waals surface area contributed by atoms with E-state index in [-0.39, 0.29) is 5.69 Å². The standard InChI is InChI=1S/C13H13ClN4O2/c14-11-9-10(18(19)20)4-5-12(11)15-7-8-17-13-3-1-2-6-16-13/h1-6,9,15H,7-8H2,(H,16,17)/p+1. The van der Waals surface area contributed by atoms with Gasteiger partial charge in [0.2, 0.25) is 0 Å². The molecule has 0 unspecified atom stereocenters. The first kappa shape index (κ1) is 14.1. The Hall–Kier alpha value is -2.34. The van der Waals surface area contributed by atoms with Crippen molar-refractivity contribution in [1.29, 1.82) is 0 Å². The van der Waals surface area contributed by atoms with Crippen LogP contribution in [0.2, 0.25) is 5.02 Å². The zero-order valence-corrected chi connectivity index (χ0v) is 11.4. The molecule has 104 valence electrons. The Morgan fingerprint density at radius 2 is 2.00 bits per heavy atom. The number of non-ortho nitro benzene ring substituents is 1. The Bertz CT molecular complexity index is 592. The topological polar surface area (TPSA) is 81.3 Å². The van der Waals surface area contributed by atoms with Gasteiger partial charge in [0.05, 0.1) is 28.4 Å². The molecule has 0 amide bonds. The third-order valence-electron chi connectivity index (χ3n) is 2.63. The Labute approximate surface area is 120 Å². The van der Waals surface area contributed by atoms with Gasteiger partial charge in [0.1, 0.15) is 6.54 Å². The van der Waals surface area contributed by atoms with Crippen LogP contribution in [0.3, 0.4) is 0 Å². The fourth-order valence-electron chi connectivity index (χ4n) is 1.66. The number of H-pyrrole nitrogens is 1. The molecular formula is C13H14ClN4O2+. The largest absolute Gasteiger partial charge is 0.380 e. The van der Waals surface area contributed by atoms with E-state index >= 15 is 0 Å². The van der Waals surface area contributed by atoms with Gasteiger partial charge in [0.15, 0.2) is 0 Å². The molecule has 0 saturated carbocycles. The highest BCUT2D eigenvalue weighted by Crippen LogP contribution is 2.26. The summed E-state index contributed by atoms with van der Waals surface area (Å²) in [6, 6.07) is 10.1. The molecule has 2 rings (SSSR count). The fraction of sp³-hybridized carbons (Fsp3) is 0.154. The summed E-state index contributed by atoms with van der Waals surface area (Å²) in [5, 5.41) is 17.2. The van der Waals surface area contributed by atoms with Crippen LogP contribution in [-0.2, 0) is 0 Å². The first-order valence-corrected chi connectivity index (χ1v) is 6.43. The maximum atomic E-state index is 10.6. The smallest absolute Gasteiger partial charge is 0.272 e. The lowest BCUT2D eigenvalue weighted by atomic mass is 10.3. The van der Waals surface area contributed by atoms with Crippen molar-refractivity contribution in [3.05, 3.63) is 57.7 Å².